The van der Waals surface area contributed by atoms with Gasteiger partial charge in [0, 0.05) is 46.0 Å². The summed E-state index contributed by atoms with van der Waals surface area (Å²) in [7, 11) is 0. The van der Waals surface area contributed by atoms with Crippen molar-refractivity contribution in [2.75, 3.05) is 5.32 Å². The Hall–Kier alpha value is -4.30. The third-order valence-electron chi connectivity index (χ3n) is 4.76. The first-order valence-corrected chi connectivity index (χ1v) is 10.3. The zero-order valence-corrected chi connectivity index (χ0v) is 18.3. The van der Waals surface area contributed by atoms with Crippen molar-refractivity contribution in [3.63, 3.8) is 0 Å². The van der Waals surface area contributed by atoms with Crippen molar-refractivity contribution in [1.29, 1.82) is 0 Å². The molecule has 0 saturated heterocycles. The van der Waals surface area contributed by atoms with E-state index >= 15 is 0 Å². The van der Waals surface area contributed by atoms with E-state index in [1.165, 1.54) is 0 Å². The largest absolute Gasteiger partial charge is 0.324 e. The number of carbonyl (C=O) groups is 2. The van der Waals surface area contributed by atoms with Gasteiger partial charge in [-0.2, -0.15) is 0 Å². The predicted molar refractivity (Wildman–Crippen MR) is 126 cm³/mol. The fraction of sp³-hybridized carbons (Fsp3) is 0.0417. The minimum absolute atomic E-state index is 0.350. The summed E-state index contributed by atoms with van der Waals surface area (Å²) in [6, 6.07) is 17.0. The minimum Gasteiger partial charge on any atom is -0.324 e. The molecule has 0 fully saturated rings. The SMILES string of the molecule is Cc1ccc(C(=O)NNC(=O)c2ccc(Cl)cc2)cc1Nc1nccc(-c2cccnc2)n1. The van der Waals surface area contributed by atoms with Gasteiger partial charge in [0.15, 0.2) is 0 Å². The molecule has 4 aromatic rings. The number of hydrogen-bond donors (Lipinski definition) is 3. The summed E-state index contributed by atoms with van der Waals surface area (Å²) in [5, 5.41) is 3.67. The second-order valence-corrected chi connectivity index (χ2v) is 7.51. The van der Waals surface area contributed by atoms with Gasteiger partial charge in [0.2, 0.25) is 5.95 Å². The lowest BCUT2D eigenvalue weighted by Gasteiger charge is -2.12. The van der Waals surface area contributed by atoms with E-state index in [4.69, 9.17) is 11.6 Å². The van der Waals surface area contributed by atoms with E-state index in [0.717, 1.165) is 16.8 Å². The Morgan fingerprint density at radius 3 is 2.33 bits per heavy atom. The summed E-state index contributed by atoms with van der Waals surface area (Å²) >= 11 is 5.83. The van der Waals surface area contributed by atoms with Crippen LogP contribution in [0.4, 0.5) is 11.6 Å². The Morgan fingerprint density at radius 2 is 1.61 bits per heavy atom. The molecule has 0 aliphatic heterocycles. The Kier molecular flexibility index (Phi) is 6.56. The van der Waals surface area contributed by atoms with E-state index in [9.17, 15) is 9.59 Å². The molecule has 0 atom stereocenters. The van der Waals surface area contributed by atoms with Gasteiger partial charge in [0.1, 0.15) is 0 Å². The van der Waals surface area contributed by atoms with Crippen LogP contribution in [0.25, 0.3) is 11.3 Å². The number of anilines is 2. The van der Waals surface area contributed by atoms with Crippen LogP contribution in [0.1, 0.15) is 26.3 Å². The summed E-state index contributed by atoms with van der Waals surface area (Å²) in [6.07, 6.45) is 5.07. The average Bonchev–Trinajstić information content (AvgIpc) is 2.85. The molecular formula is C24H19ClN6O2. The number of hydrogen-bond acceptors (Lipinski definition) is 6. The zero-order chi connectivity index (χ0) is 23.2. The van der Waals surface area contributed by atoms with Gasteiger partial charge < -0.3 is 5.32 Å². The fourth-order valence-corrected chi connectivity index (χ4v) is 3.10. The van der Waals surface area contributed by atoms with Crippen molar-refractivity contribution in [3.8, 4) is 11.3 Å². The molecule has 0 aliphatic rings. The third-order valence-corrected chi connectivity index (χ3v) is 5.01. The quantitative estimate of drug-likeness (QED) is 0.384. The molecule has 0 bridgehead atoms. The van der Waals surface area contributed by atoms with Crippen LogP contribution in [0, 0.1) is 6.92 Å². The maximum atomic E-state index is 12.6. The topological polar surface area (TPSA) is 109 Å². The molecule has 2 aromatic carbocycles. The second kappa shape index (κ2) is 9.88. The fourth-order valence-electron chi connectivity index (χ4n) is 2.97. The van der Waals surface area contributed by atoms with Gasteiger partial charge in [-0.1, -0.05) is 17.7 Å². The summed E-state index contributed by atoms with van der Waals surface area (Å²) in [5.74, 6) is -0.537. The number of carbonyl (C=O) groups excluding carboxylic acids is 2. The van der Waals surface area contributed by atoms with E-state index in [1.807, 2.05) is 19.1 Å². The zero-order valence-electron chi connectivity index (χ0n) is 17.5. The molecule has 0 aliphatic carbocycles. The van der Waals surface area contributed by atoms with Crippen LogP contribution in [0.3, 0.4) is 0 Å². The number of pyridine rings is 1. The molecule has 2 amide bonds. The lowest BCUT2D eigenvalue weighted by molar-refractivity contribution is 0.0846. The van der Waals surface area contributed by atoms with Gasteiger partial charge in [-0.05, 0) is 67.1 Å². The van der Waals surface area contributed by atoms with Crippen molar-refractivity contribution in [1.82, 2.24) is 25.8 Å². The number of rotatable bonds is 5. The van der Waals surface area contributed by atoms with Crippen LogP contribution < -0.4 is 16.2 Å². The van der Waals surface area contributed by atoms with Crippen LogP contribution >= 0.6 is 11.6 Å². The van der Waals surface area contributed by atoms with Gasteiger partial charge in [-0.3, -0.25) is 25.4 Å². The molecule has 0 saturated carbocycles. The number of benzene rings is 2. The van der Waals surface area contributed by atoms with Crippen molar-refractivity contribution in [2.24, 2.45) is 0 Å². The maximum absolute atomic E-state index is 12.6. The Balaban J connectivity index is 1.46. The number of nitrogens with zero attached hydrogens (tertiary/aromatic N) is 3. The van der Waals surface area contributed by atoms with Crippen LogP contribution in [0.2, 0.25) is 5.02 Å². The highest BCUT2D eigenvalue weighted by Gasteiger charge is 2.12. The molecule has 2 aromatic heterocycles. The van der Waals surface area contributed by atoms with Gasteiger partial charge in [0.25, 0.3) is 11.8 Å². The number of aromatic nitrogens is 3. The van der Waals surface area contributed by atoms with Crippen LogP contribution in [-0.4, -0.2) is 26.8 Å². The van der Waals surface area contributed by atoms with Crippen molar-refractivity contribution < 1.29 is 9.59 Å². The Bertz CT molecular complexity index is 1300. The maximum Gasteiger partial charge on any atom is 0.269 e. The molecule has 8 nitrogen and oxygen atoms in total. The van der Waals surface area contributed by atoms with E-state index in [1.54, 1.807) is 67.1 Å². The molecule has 4 rings (SSSR count). The van der Waals surface area contributed by atoms with E-state index in [-0.39, 0.29) is 0 Å². The van der Waals surface area contributed by atoms with E-state index in [0.29, 0.717) is 27.8 Å². The predicted octanol–water partition coefficient (Wildman–Crippen LogP) is 4.32. The van der Waals surface area contributed by atoms with Crippen molar-refractivity contribution in [3.05, 3.63) is 101 Å². The van der Waals surface area contributed by atoms with Crippen molar-refractivity contribution >= 4 is 35.1 Å². The summed E-state index contributed by atoms with van der Waals surface area (Å²) in [4.78, 5) is 37.7. The number of halogens is 1. The second-order valence-electron chi connectivity index (χ2n) is 7.08. The first-order valence-electron chi connectivity index (χ1n) is 9.97. The Morgan fingerprint density at radius 1 is 0.879 bits per heavy atom. The Labute approximate surface area is 195 Å². The average molecular weight is 459 g/mol. The van der Waals surface area contributed by atoms with Crippen LogP contribution in [0.15, 0.2) is 79.3 Å². The normalized spacial score (nSPS) is 10.4. The lowest BCUT2D eigenvalue weighted by Crippen LogP contribution is -2.41. The highest BCUT2D eigenvalue weighted by atomic mass is 35.5. The van der Waals surface area contributed by atoms with Gasteiger partial charge in [-0.15, -0.1) is 0 Å². The van der Waals surface area contributed by atoms with E-state index in [2.05, 4.69) is 31.1 Å². The molecule has 0 unspecified atom stereocenters. The molecule has 0 radical (unpaired) electrons. The standard InChI is InChI=1S/C24H19ClN6O2/c1-15-4-5-17(23(33)31-30-22(32)16-6-8-19(25)9-7-16)13-21(15)29-24-27-12-10-20(28-24)18-3-2-11-26-14-18/h2-14H,1H3,(H,30,32)(H,31,33)(H,27,28,29). The third kappa shape index (κ3) is 5.50. The minimum atomic E-state index is -0.467. The lowest BCUT2D eigenvalue weighted by atomic mass is 10.1. The smallest absolute Gasteiger partial charge is 0.269 e. The first-order chi connectivity index (χ1) is 16.0. The number of nitrogens with one attached hydrogen (secondary N) is 3. The summed E-state index contributed by atoms with van der Waals surface area (Å²) in [6.45, 7) is 1.90. The molecule has 3 N–H and O–H groups in total. The molecular weight excluding hydrogens is 440 g/mol. The van der Waals surface area contributed by atoms with Crippen LogP contribution in [0.5, 0.6) is 0 Å². The molecule has 2 heterocycles. The molecule has 164 valence electrons. The van der Waals surface area contributed by atoms with Gasteiger partial charge in [-0.25, -0.2) is 9.97 Å². The van der Waals surface area contributed by atoms with Crippen molar-refractivity contribution in [2.45, 2.75) is 6.92 Å². The molecule has 9 heteroatoms. The van der Waals surface area contributed by atoms with Gasteiger partial charge in [0.05, 0.1) is 5.69 Å². The monoisotopic (exact) mass is 458 g/mol. The summed E-state index contributed by atoms with van der Waals surface area (Å²) < 4.78 is 0. The van der Waals surface area contributed by atoms with Crippen LogP contribution in [-0.2, 0) is 0 Å². The number of amides is 2. The molecule has 33 heavy (non-hydrogen) atoms. The van der Waals surface area contributed by atoms with E-state index < -0.39 is 11.8 Å². The van der Waals surface area contributed by atoms with Gasteiger partial charge >= 0.3 is 0 Å². The molecule has 0 spiro atoms. The summed E-state index contributed by atoms with van der Waals surface area (Å²) in [5.41, 5.74) is 8.67. The highest BCUT2D eigenvalue weighted by molar-refractivity contribution is 6.30. The first kappa shape index (κ1) is 21.9. The number of hydrazine groups is 1. The number of aryl methyl sites for hydroxylation is 1. The highest BCUT2D eigenvalue weighted by Crippen LogP contribution is 2.22.